The Morgan fingerprint density at radius 2 is 2.10 bits per heavy atom. The summed E-state index contributed by atoms with van der Waals surface area (Å²) in [7, 11) is 0. The van der Waals surface area contributed by atoms with Crippen LogP contribution in [0.3, 0.4) is 0 Å². The van der Waals surface area contributed by atoms with Crippen LogP contribution < -0.4 is 10.6 Å². The maximum atomic E-state index is 11.5. The Labute approximate surface area is 119 Å². The van der Waals surface area contributed by atoms with Crippen LogP contribution in [0.5, 0.6) is 0 Å². The molecular formula is C12H15N3O6. The van der Waals surface area contributed by atoms with Gasteiger partial charge in [0.05, 0.1) is 11.5 Å². The summed E-state index contributed by atoms with van der Waals surface area (Å²) >= 11 is 0. The van der Waals surface area contributed by atoms with E-state index in [1.54, 1.807) is 13.0 Å². The van der Waals surface area contributed by atoms with Gasteiger partial charge in [0.1, 0.15) is 0 Å². The number of hydrogen-bond donors (Lipinski definition) is 4. The fourth-order valence-corrected chi connectivity index (χ4v) is 1.63. The van der Waals surface area contributed by atoms with Crippen molar-refractivity contribution in [2.45, 2.75) is 19.5 Å². The molecule has 9 nitrogen and oxygen atoms in total. The van der Waals surface area contributed by atoms with Crippen molar-refractivity contribution < 1.29 is 24.7 Å². The summed E-state index contributed by atoms with van der Waals surface area (Å²) in [4.78, 5) is 32.4. The molecule has 1 rings (SSSR count). The number of aliphatic hydroxyl groups excluding tert-OH is 1. The first-order chi connectivity index (χ1) is 9.86. The number of carboxylic acids is 1. The van der Waals surface area contributed by atoms with Gasteiger partial charge < -0.3 is 20.8 Å². The molecule has 0 aliphatic heterocycles. The zero-order chi connectivity index (χ0) is 16.0. The number of carbonyl (C=O) groups is 2. The minimum Gasteiger partial charge on any atom is -0.480 e. The molecule has 0 radical (unpaired) electrons. The molecule has 2 amide bonds. The number of amides is 2. The maximum absolute atomic E-state index is 11.5. The number of nitro groups is 1. The molecule has 0 saturated heterocycles. The summed E-state index contributed by atoms with van der Waals surface area (Å²) in [5, 5.41) is 32.7. The third-order valence-electron chi connectivity index (χ3n) is 2.84. The number of urea groups is 1. The van der Waals surface area contributed by atoms with Gasteiger partial charge in [-0.25, -0.2) is 9.59 Å². The third-order valence-corrected chi connectivity index (χ3v) is 2.84. The van der Waals surface area contributed by atoms with Crippen LogP contribution in [0.25, 0.3) is 0 Å². The van der Waals surface area contributed by atoms with Crippen LogP contribution in [0.4, 0.5) is 10.5 Å². The van der Waals surface area contributed by atoms with E-state index in [9.17, 15) is 19.7 Å². The summed E-state index contributed by atoms with van der Waals surface area (Å²) in [5.41, 5.74) is 0.892. The first kappa shape index (κ1) is 16.4. The number of nitrogens with zero attached hydrogens (tertiary/aromatic N) is 1. The molecule has 0 fully saturated rings. The van der Waals surface area contributed by atoms with Crippen molar-refractivity contribution in [1.82, 2.24) is 10.6 Å². The Bertz CT molecular complexity index is 560. The zero-order valence-corrected chi connectivity index (χ0v) is 11.2. The lowest BCUT2D eigenvalue weighted by atomic mass is 10.1. The van der Waals surface area contributed by atoms with Crippen LogP contribution in [0, 0.1) is 17.0 Å². The molecule has 0 bridgehead atoms. The van der Waals surface area contributed by atoms with Crippen molar-refractivity contribution in [1.29, 1.82) is 0 Å². The number of carboxylic acid groups (broad SMARTS) is 1. The highest BCUT2D eigenvalue weighted by Crippen LogP contribution is 2.20. The van der Waals surface area contributed by atoms with Crippen LogP contribution in [0.1, 0.15) is 11.1 Å². The first-order valence-electron chi connectivity index (χ1n) is 5.97. The highest BCUT2D eigenvalue weighted by molar-refractivity contribution is 5.82. The van der Waals surface area contributed by atoms with Gasteiger partial charge in [-0.1, -0.05) is 12.1 Å². The fraction of sp³-hybridized carbons (Fsp3) is 0.333. The van der Waals surface area contributed by atoms with Gasteiger partial charge in [-0.05, 0) is 12.5 Å². The van der Waals surface area contributed by atoms with Gasteiger partial charge >= 0.3 is 12.0 Å². The summed E-state index contributed by atoms with van der Waals surface area (Å²) in [6.45, 7) is 0.816. The molecule has 114 valence electrons. The Morgan fingerprint density at radius 1 is 1.43 bits per heavy atom. The number of nitro benzene ring substituents is 1. The van der Waals surface area contributed by atoms with Crippen LogP contribution >= 0.6 is 0 Å². The lowest BCUT2D eigenvalue weighted by Crippen LogP contribution is -2.47. The molecule has 0 aliphatic carbocycles. The molecule has 1 atom stereocenters. The molecule has 0 aromatic heterocycles. The number of rotatable bonds is 6. The fourth-order valence-electron chi connectivity index (χ4n) is 1.63. The third kappa shape index (κ3) is 4.42. The van der Waals surface area contributed by atoms with E-state index in [2.05, 4.69) is 10.6 Å². The molecule has 4 N–H and O–H groups in total. The van der Waals surface area contributed by atoms with Crippen molar-refractivity contribution >= 4 is 17.7 Å². The molecule has 0 aliphatic rings. The minimum atomic E-state index is -1.41. The molecule has 0 unspecified atom stereocenters. The first-order valence-corrected chi connectivity index (χ1v) is 5.97. The molecule has 1 aromatic carbocycles. The Morgan fingerprint density at radius 3 is 2.62 bits per heavy atom. The van der Waals surface area contributed by atoms with Crippen molar-refractivity contribution in [3.05, 3.63) is 39.4 Å². The van der Waals surface area contributed by atoms with E-state index in [1.165, 1.54) is 12.1 Å². The second-order valence-electron chi connectivity index (χ2n) is 4.22. The molecule has 21 heavy (non-hydrogen) atoms. The van der Waals surface area contributed by atoms with E-state index in [4.69, 9.17) is 10.2 Å². The van der Waals surface area contributed by atoms with Gasteiger partial charge in [0.15, 0.2) is 6.04 Å². The van der Waals surface area contributed by atoms with Crippen molar-refractivity contribution in [2.24, 2.45) is 0 Å². The summed E-state index contributed by atoms with van der Waals surface area (Å²) in [6, 6.07) is 2.26. The second kappa shape index (κ2) is 7.20. The molecule has 0 heterocycles. The average Bonchev–Trinajstić information content (AvgIpc) is 2.42. The predicted octanol–water partition coefficient (Wildman–Crippen LogP) is 0.148. The van der Waals surface area contributed by atoms with E-state index in [-0.39, 0.29) is 12.2 Å². The highest BCUT2D eigenvalue weighted by atomic mass is 16.6. The summed E-state index contributed by atoms with van der Waals surface area (Å²) in [5.74, 6) is -1.36. The quantitative estimate of drug-likeness (QED) is 0.435. The molecular weight excluding hydrogens is 282 g/mol. The molecule has 0 saturated carbocycles. The van der Waals surface area contributed by atoms with Gasteiger partial charge in [0, 0.05) is 18.2 Å². The SMILES string of the molecule is Cc1c(CNC(=O)N[C@H](CO)C(=O)O)cccc1[N+](=O)[O-]. The number of hydrogen-bond acceptors (Lipinski definition) is 5. The van der Waals surface area contributed by atoms with Crippen LogP contribution in [-0.2, 0) is 11.3 Å². The number of carbonyl (C=O) groups excluding carboxylic acids is 1. The number of benzene rings is 1. The lowest BCUT2D eigenvalue weighted by molar-refractivity contribution is -0.385. The maximum Gasteiger partial charge on any atom is 0.328 e. The molecule has 0 spiro atoms. The second-order valence-corrected chi connectivity index (χ2v) is 4.22. The van der Waals surface area contributed by atoms with Gasteiger partial charge in [0.25, 0.3) is 5.69 Å². The molecule has 1 aromatic rings. The Balaban J connectivity index is 2.67. The van der Waals surface area contributed by atoms with Gasteiger partial charge in [-0.3, -0.25) is 10.1 Å². The van der Waals surface area contributed by atoms with E-state index < -0.39 is 29.6 Å². The van der Waals surface area contributed by atoms with Crippen LogP contribution in [0.2, 0.25) is 0 Å². The van der Waals surface area contributed by atoms with Gasteiger partial charge in [-0.15, -0.1) is 0 Å². The largest absolute Gasteiger partial charge is 0.480 e. The minimum absolute atomic E-state index is 0.00286. The van der Waals surface area contributed by atoms with E-state index in [0.29, 0.717) is 11.1 Å². The standard InChI is InChI=1S/C12H15N3O6/c1-7-8(3-2-4-10(7)15(20)21)5-13-12(19)14-9(6-16)11(17)18/h2-4,9,16H,5-6H2,1H3,(H,17,18)(H2,13,14,19)/t9-/m1/s1. The number of aliphatic hydroxyl groups is 1. The van der Waals surface area contributed by atoms with Crippen molar-refractivity contribution in [3.8, 4) is 0 Å². The predicted molar refractivity (Wildman–Crippen MR) is 71.7 cm³/mol. The van der Waals surface area contributed by atoms with Gasteiger partial charge in [-0.2, -0.15) is 0 Å². The normalized spacial score (nSPS) is 11.5. The molecule has 9 heteroatoms. The topological polar surface area (TPSA) is 142 Å². The number of aliphatic carboxylic acids is 1. The Hall–Kier alpha value is -2.68. The summed E-state index contributed by atoms with van der Waals surface area (Å²) in [6.07, 6.45) is 0. The smallest absolute Gasteiger partial charge is 0.328 e. The van der Waals surface area contributed by atoms with Crippen molar-refractivity contribution in [3.63, 3.8) is 0 Å². The monoisotopic (exact) mass is 297 g/mol. The van der Waals surface area contributed by atoms with Crippen molar-refractivity contribution in [2.75, 3.05) is 6.61 Å². The number of nitrogens with one attached hydrogen (secondary N) is 2. The lowest BCUT2D eigenvalue weighted by Gasteiger charge is -2.13. The van der Waals surface area contributed by atoms with E-state index >= 15 is 0 Å². The summed E-state index contributed by atoms with van der Waals surface area (Å²) < 4.78 is 0. The van der Waals surface area contributed by atoms with E-state index in [1.807, 2.05) is 0 Å². The zero-order valence-electron chi connectivity index (χ0n) is 11.2. The Kier molecular flexibility index (Phi) is 5.61. The average molecular weight is 297 g/mol. The van der Waals surface area contributed by atoms with Gasteiger partial charge in [0.2, 0.25) is 0 Å². The van der Waals surface area contributed by atoms with Crippen LogP contribution in [-0.4, -0.2) is 39.8 Å². The van der Waals surface area contributed by atoms with E-state index in [0.717, 1.165) is 0 Å². The highest BCUT2D eigenvalue weighted by Gasteiger charge is 2.19. The van der Waals surface area contributed by atoms with Crippen LogP contribution in [0.15, 0.2) is 18.2 Å².